The Kier molecular flexibility index (Phi) is 6.03. The van der Waals surface area contributed by atoms with Crippen molar-refractivity contribution in [1.82, 2.24) is 9.29 Å². The molecule has 0 aliphatic heterocycles. The van der Waals surface area contributed by atoms with Crippen molar-refractivity contribution in [2.45, 2.75) is 57.5 Å². The fraction of sp³-hybridized carbons (Fsp3) is 0.692. The van der Waals surface area contributed by atoms with Gasteiger partial charge in [0.25, 0.3) is 0 Å². The highest BCUT2D eigenvalue weighted by Gasteiger charge is 2.18. The number of aromatic nitrogens is 1. The second-order valence-electron chi connectivity index (χ2n) is 4.98. The van der Waals surface area contributed by atoms with Gasteiger partial charge in [0.15, 0.2) is 0 Å². The molecule has 0 aliphatic carbocycles. The number of nitrogens with one attached hydrogen (secondary N) is 1. The van der Waals surface area contributed by atoms with Gasteiger partial charge in [0, 0.05) is 31.0 Å². The summed E-state index contributed by atoms with van der Waals surface area (Å²) in [6, 6.07) is 1.85. The molecule has 5 nitrogen and oxygen atoms in total. The lowest BCUT2D eigenvalue weighted by molar-refractivity contribution is 0.567. The van der Waals surface area contributed by atoms with Crippen molar-refractivity contribution in [3.63, 3.8) is 0 Å². The fourth-order valence-electron chi connectivity index (χ4n) is 1.95. The second kappa shape index (κ2) is 7.07. The van der Waals surface area contributed by atoms with Crippen molar-refractivity contribution in [2.24, 2.45) is 5.73 Å². The van der Waals surface area contributed by atoms with Crippen molar-refractivity contribution in [1.29, 1.82) is 0 Å². The van der Waals surface area contributed by atoms with Crippen molar-refractivity contribution in [3.05, 3.63) is 18.0 Å². The zero-order valence-corrected chi connectivity index (χ0v) is 12.8. The van der Waals surface area contributed by atoms with Crippen LogP contribution in [0.2, 0.25) is 0 Å². The summed E-state index contributed by atoms with van der Waals surface area (Å²) in [5, 5.41) is 0. The molecule has 0 bridgehead atoms. The number of nitrogens with zero attached hydrogens (tertiary/aromatic N) is 1. The summed E-state index contributed by atoms with van der Waals surface area (Å²) in [6.45, 7) is 6.92. The van der Waals surface area contributed by atoms with Crippen LogP contribution in [0, 0.1) is 0 Å². The predicted molar refractivity (Wildman–Crippen MR) is 77.4 cm³/mol. The minimum atomic E-state index is -3.41. The quantitative estimate of drug-likeness (QED) is 0.718. The lowest BCUT2D eigenvalue weighted by Crippen LogP contribution is -2.24. The molecule has 0 radical (unpaired) electrons. The standard InChI is InChI=1S/C13H25N3O2S/c1-4-5-6-7-15-19(17,18)13-8-12(9-14)16(10-13)11(2)3/h8,10-11,15H,4-7,9,14H2,1-3H3. The van der Waals surface area contributed by atoms with Gasteiger partial charge in [-0.2, -0.15) is 0 Å². The molecule has 0 saturated carbocycles. The van der Waals surface area contributed by atoms with Gasteiger partial charge in [-0.05, 0) is 26.3 Å². The average molecular weight is 287 g/mol. The third-order valence-corrected chi connectivity index (χ3v) is 4.48. The molecule has 0 saturated heterocycles. The van der Waals surface area contributed by atoms with Gasteiger partial charge >= 0.3 is 0 Å². The largest absolute Gasteiger partial charge is 0.346 e. The minimum Gasteiger partial charge on any atom is -0.346 e. The van der Waals surface area contributed by atoms with Gasteiger partial charge in [-0.3, -0.25) is 0 Å². The van der Waals surface area contributed by atoms with Crippen molar-refractivity contribution >= 4 is 10.0 Å². The summed E-state index contributed by atoms with van der Waals surface area (Å²) in [4.78, 5) is 0.304. The topological polar surface area (TPSA) is 77.1 Å². The van der Waals surface area contributed by atoms with Crippen LogP contribution >= 0.6 is 0 Å². The molecular formula is C13H25N3O2S. The molecule has 0 aliphatic rings. The van der Waals surface area contributed by atoms with E-state index in [4.69, 9.17) is 5.73 Å². The number of hydrogen-bond acceptors (Lipinski definition) is 3. The Labute approximate surface area is 116 Å². The molecule has 1 aromatic rings. The lowest BCUT2D eigenvalue weighted by atomic mass is 10.3. The number of rotatable bonds is 8. The van der Waals surface area contributed by atoms with E-state index in [1.807, 2.05) is 18.4 Å². The molecule has 0 aromatic carbocycles. The molecule has 1 aromatic heterocycles. The van der Waals surface area contributed by atoms with Crippen molar-refractivity contribution < 1.29 is 8.42 Å². The first-order valence-electron chi connectivity index (χ1n) is 6.82. The zero-order valence-electron chi connectivity index (χ0n) is 12.0. The Hall–Kier alpha value is -0.850. The van der Waals surface area contributed by atoms with Crippen LogP contribution in [0.25, 0.3) is 0 Å². The predicted octanol–water partition coefficient (Wildman–Crippen LogP) is 2.00. The van der Waals surface area contributed by atoms with E-state index in [-0.39, 0.29) is 6.04 Å². The van der Waals surface area contributed by atoms with E-state index in [2.05, 4.69) is 11.6 Å². The average Bonchev–Trinajstić information content (AvgIpc) is 2.79. The van der Waals surface area contributed by atoms with Crippen LogP contribution in [0.4, 0.5) is 0 Å². The highest BCUT2D eigenvalue weighted by atomic mass is 32.2. The molecule has 19 heavy (non-hydrogen) atoms. The molecule has 1 rings (SSSR count). The van der Waals surface area contributed by atoms with Gasteiger partial charge in [-0.1, -0.05) is 19.8 Å². The molecule has 0 amide bonds. The van der Waals surface area contributed by atoms with E-state index in [0.717, 1.165) is 25.0 Å². The summed E-state index contributed by atoms with van der Waals surface area (Å²) in [5.41, 5.74) is 6.49. The Morgan fingerprint density at radius 2 is 2.05 bits per heavy atom. The number of sulfonamides is 1. The molecule has 0 atom stereocenters. The maximum atomic E-state index is 12.1. The molecule has 3 N–H and O–H groups in total. The summed E-state index contributed by atoms with van der Waals surface area (Å²) in [6.07, 6.45) is 4.63. The van der Waals surface area contributed by atoms with Gasteiger partial charge < -0.3 is 10.3 Å². The third kappa shape index (κ3) is 4.33. The van der Waals surface area contributed by atoms with Crippen LogP contribution in [0.5, 0.6) is 0 Å². The summed E-state index contributed by atoms with van der Waals surface area (Å²) >= 11 is 0. The first-order valence-corrected chi connectivity index (χ1v) is 8.31. The molecular weight excluding hydrogens is 262 g/mol. The fourth-order valence-corrected chi connectivity index (χ4v) is 3.08. The highest BCUT2D eigenvalue weighted by Crippen LogP contribution is 2.18. The number of unbranched alkanes of at least 4 members (excludes halogenated alkanes) is 2. The number of hydrogen-bond donors (Lipinski definition) is 2. The third-order valence-electron chi connectivity index (χ3n) is 3.06. The lowest BCUT2D eigenvalue weighted by Gasteiger charge is -2.10. The minimum absolute atomic E-state index is 0.197. The maximum absolute atomic E-state index is 12.1. The molecule has 110 valence electrons. The van der Waals surface area contributed by atoms with Gasteiger partial charge in [-0.15, -0.1) is 0 Å². The molecule has 0 spiro atoms. The molecule has 6 heteroatoms. The Bertz CT molecular complexity index is 492. The van der Waals surface area contributed by atoms with Gasteiger partial charge in [0.05, 0.1) is 4.90 Å². The molecule has 0 fully saturated rings. The van der Waals surface area contributed by atoms with E-state index in [1.165, 1.54) is 0 Å². The van der Waals surface area contributed by atoms with Crippen LogP contribution in [0.15, 0.2) is 17.2 Å². The van der Waals surface area contributed by atoms with E-state index < -0.39 is 10.0 Å². The maximum Gasteiger partial charge on any atom is 0.242 e. The second-order valence-corrected chi connectivity index (χ2v) is 6.74. The smallest absolute Gasteiger partial charge is 0.242 e. The molecule has 0 unspecified atom stereocenters. The SMILES string of the molecule is CCCCCNS(=O)(=O)c1cc(CN)n(C(C)C)c1. The zero-order chi connectivity index (χ0) is 14.5. The van der Waals surface area contributed by atoms with Crippen LogP contribution in [-0.2, 0) is 16.6 Å². The normalized spacial score (nSPS) is 12.3. The van der Waals surface area contributed by atoms with Gasteiger partial charge in [0.2, 0.25) is 10.0 Å². The Morgan fingerprint density at radius 3 is 2.53 bits per heavy atom. The van der Waals surface area contributed by atoms with E-state index in [9.17, 15) is 8.42 Å². The van der Waals surface area contributed by atoms with Crippen LogP contribution in [0.1, 0.15) is 51.8 Å². The van der Waals surface area contributed by atoms with Crippen LogP contribution in [0.3, 0.4) is 0 Å². The summed E-state index contributed by atoms with van der Waals surface area (Å²) in [7, 11) is -3.41. The van der Waals surface area contributed by atoms with E-state index in [0.29, 0.717) is 18.0 Å². The van der Waals surface area contributed by atoms with Crippen LogP contribution < -0.4 is 10.5 Å². The van der Waals surface area contributed by atoms with Gasteiger partial charge in [-0.25, -0.2) is 13.1 Å². The van der Waals surface area contributed by atoms with Gasteiger partial charge in [0.1, 0.15) is 0 Å². The van der Waals surface area contributed by atoms with Crippen molar-refractivity contribution in [2.75, 3.05) is 6.54 Å². The monoisotopic (exact) mass is 287 g/mol. The first kappa shape index (κ1) is 16.2. The first-order chi connectivity index (χ1) is 8.92. The Balaban J connectivity index is 2.83. The summed E-state index contributed by atoms with van der Waals surface area (Å²) < 4.78 is 28.8. The van der Waals surface area contributed by atoms with E-state index >= 15 is 0 Å². The highest BCUT2D eigenvalue weighted by molar-refractivity contribution is 7.89. The molecule has 1 heterocycles. The number of nitrogens with two attached hydrogens (primary N) is 1. The van der Waals surface area contributed by atoms with Crippen LogP contribution in [-0.4, -0.2) is 19.5 Å². The van der Waals surface area contributed by atoms with E-state index in [1.54, 1.807) is 12.3 Å². The Morgan fingerprint density at radius 1 is 1.37 bits per heavy atom. The summed E-state index contributed by atoms with van der Waals surface area (Å²) in [5.74, 6) is 0. The van der Waals surface area contributed by atoms with Crippen molar-refractivity contribution in [3.8, 4) is 0 Å².